The maximum atomic E-state index is 10.8. The van der Waals surface area contributed by atoms with Crippen LogP contribution in [0, 0.1) is 0 Å². The van der Waals surface area contributed by atoms with Crippen LogP contribution in [0.25, 0.3) is 0 Å². The molecule has 1 aliphatic rings. The van der Waals surface area contributed by atoms with Gasteiger partial charge >= 0.3 is 5.97 Å². The van der Waals surface area contributed by atoms with Crippen molar-refractivity contribution in [1.29, 1.82) is 0 Å². The Hall–Kier alpha value is -1.55. The lowest BCUT2D eigenvalue weighted by atomic mass is 10.2. The number of benzene rings is 1. The molecule has 1 saturated carbocycles. The summed E-state index contributed by atoms with van der Waals surface area (Å²) in [5.41, 5.74) is 0.292. The molecule has 21 heavy (non-hydrogen) atoms. The first kappa shape index (κ1) is 15.8. The monoisotopic (exact) mass is 291 g/mol. The smallest absolute Gasteiger partial charge is 0.335 e. The van der Waals surface area contributed by atoms with Crippen molar-refractivity contribution in [3.05, 3.63) is 29.8 Å². The Labute approximate surface area is 126 Å². The highest BCUT2D eigenvalue weighted by Gasteiger charge is 2.20. The number of rotatable bonds is 8. The Morgan fingerprint density at radius 2 is 1.95 bits per heavy atom. The van der Waals surface area contributed by atoms with Crippen molar-refractivity contribution in [3.8, 4) is 5.75 Å². The molecular formula is C17H25NO3. The van der Waals surface area contributed by atoms with Crippen molar-refractivity contribution in [2.75, 3.05) is 19.7 Å². The maximum Gasteiger partial charge on any atom is 0.335 e. The first-order valence-electron chi connectivity index (χ1n) is 7.91. The lowest BCUT2D eigenvalue weighted by molar-refractivity contribution is 0.0697. The molecule has 2 rings (SSSR count). The summed E-state index contributed by atoms with van der Waals surface area (Å²) >= 11 is 0. The van der Waals surface area contributed by atoms with Gasteiger partial charge in [0.1, 0.15) is 5.75 Å². The highest BCUT2D eigenvalue weighted by Crippen LogP contribution is 2.23. The van der Waals surface area contributed by atoms with Crippen LogP contribution in [0.5, 0.6) is 5.75 Å². The number of hydrogen-bond donors (Lipinski definition) is 1. The van der Waals surface area contributed by atoms with E-state index in [1.54, 1.807) is 24.3 Å². The second kappa shape index (κ2) is 8.03. The largest absolute Gasteiger partial charge is 0.494 e. The van der Waals surface area contributed by atoms with Gasteiger partial charge in [-0.25, -0.2) is 4.79 Å². The molecular weight excluding hydrogens is 266 g/mol. The third kappa shape index (κ3) is 4.74. The summed E-state index contributed by atoms with van der Waals surface area (Å²) in [7, 11) is 0. The molecule has 0 saturated heterocycles. The van der Waals surface area contributed by atoms with Gasteiger partial charge in [0.25, 0.3) is 0 Å². The summed E-state index contributed by atoms with van der Waals surface area (Å²) in [5.74, 6) is -0.166. The highest BCUT2D eigenvalue weighted by molar-refractivity contribution is 5.87. The zero-order valence-corrected chi connectivity index (χ0v) is 12.8. The van der Waals surface area contributed by atoms with Gasteiger partial charge in [-0.1, -0.05) is 19.8 Å². The minimum Gasteiger partial charge on any atom is -0.494 e. The maximum absolute atomic E-state index is 10.8. The fourth-order valence-corrected chi connectivity index (χ4v) is 3.02. The summed E-state index contributed by atoms with van der Waals surface area (Å²) < 4.78 is 5.68. The van der Waals surface area contributed by atoms with E-state index in [4.69, 9.17) is 9.84 Å². The van der Waals surface area contributed by atoms with Crippen molar-refractivity contribution in [2.45, 2.75) is 45.1 Å². The Bertz CT molecular complexity index is 438. The van der Waals surface area contributed by atoms with Crippen LogP contribution in [0.15, 0.2) is 24.3 Å². The fourth-order valence-electron chi connectivity index (χ4n) is 3.02. The number of carbonyl (C=O) groups is 1. The van der Waals surface area contributed by atoms with Gasteiger partial charge in [0.15, 0.2) is 0 Å². The van der Waals surface area contributed by atoms with E-state index in [2.05, 4.69) is 11.8 Å². The normalized spacial score (nSPS) is 15.5. The zero-order valence-electron chi connectivity index (χ0n) is 12.8. The molecule has 0 unspecified atom stereocenters. The molecule has 4 heteroatoms. The van der Waals surface area contributed by atoms with E-state index in [-0.39, 0.29) is 0 Å². The van der Waals surface area contributed by atoms with Crippen molar-refractivity contribution < 1.29 is 14.6 Å². The molecule has 1 aromatic rings. The van der Waals surface area contributed by atoms with Gasteiger partial charge in [0.2, 0.25) is 0 Å². The topological polar surface area (TPSA) is 49.8 Å². The van der Waals surface area contributed by atoms with Crippen molar-refractivity contribution in [3.63, 3.8) is 0 Å². The van der Waals surface area contributed by atoms with E-state index in [0.29, 0.717) is 12.2 Å². The average Bonchev–Trinajstić information content (AvgIpc) is 3.02. The Balaban J connectivity index is 1.69. The summed E-state index contributed by atoms with van der Waals surface area (Å²) in [6.07, 6.45) is 6.42. The standard InChI is InChI=1S/C17H25NO3/c1-2-18(15-6-3-4-7-15)12-5-13-21-16-10-8-14(9-11-16)17(19)20/h8-11,15H,2-7,12-13H2,1H3,(H,19,20). The molecule has 1 fully saturated rings. The molecule has 0 heterocycles. The van der Waals surface area contributed by atoms with E-state index in [1.807, 2.05) is 0 Å². The fraction of sp³-hybridized carbons (Fsp3) is 0.588. The zero-order chi connectivity index (χ0) is 15.1. The number of aromatic carboxylic acids is 1. The number of nitrogens with zero attached hydrogens (tertiary/aromatic N) is 1. The Kier molecular flexibility index (Phi) is 6.05. The van der Waals surface area contributed by atoms with Crippen molar-refractivity contribution in [1.82, 2.24) is 4.90 Å². The van der Waals surface area contributed by atoms with Crippen LogP contribution < -0.4 is 4.74 Å². The van der Waals surface area contributed by atoms with Gasteiger partial charge in [-0.05, 0) is 50.1 Å². The SMILES string of the molecule is CCN(CCCOc1ccc(C(=O)O)cc1)C1CCCC1. The van der Waals surface area contributed by atoms with E-state index < -0.39 is 5.97 Å². The van der Waals surface area contributed by atoms with Gasteiger partial charge in [0.05, 0.1) is 12.2 Å². The van der Waals surface area contributed by atoms with Gasteiger partial charge < -0.3 is 14.7 Å². The average molecular weight is 291 g/mol. The molecule has 0 radical (unpaired) electrons. The third-order valence-corrected chi connectivity index (χ3v) is 4.21. The molecule has 0 spiro atoms. The highest BCUT2D eigenvalue weighted by atomic mass is 16.5. The molecule has 0 bridgehead atoms. The van der Waals surface area contributed by atoms with Crippen LogP contribution in [-0.4, -0.2) is 41.7 Å². The molecule has 0 aliphatic heterocycles. The predicted molar refractivity (Wildman–Crippen MR) is 83.0 cm³/mol. The van der Waals surface area contributed by atoms with E-state index >= 15 is 0 Å². The minimum absolute atomic E-state index is 0.292. The second-order valence-electron chi connectivity index (χ2n) is 5.60. The number of carboxylic acids is 1. The minimum atomic E-state index is -0.906. The molecule has 1 aromatic carbocycles. The summed E-state index contributed by atoms with van der Waals surface area (Å²) in [4.78, 5) is 13.3. The van der Waals surface area contributed by atoms with Gasteiger partial charge in [-0.2, -0.15) is 0 Å². The first-order valence-corrected chi connectivity index (χ1v) is 7.91. The first-order chi connectivity index (χ1) is 10.2. The van der Waals surface area contributed by atoms with Crippen LogP contribution in [-0.2, 0) is 0 Å². The second-order valence-corrected chi connectivity index (χ2v) is 5.60. The van der Waals surface area contributed by atoms with Gasteiger partial charge in [-0.3, -0.25) is 0 Å². The van der Waals surface area contributed by atoms with Crippen LogP contribution in [0.1, 0.15) is 49.4 Å². The number of ether oxygens (including phenoxy) is 1. The van der Waals surface area contributed by atoms with E-state index in [1.165, 1.54) is 25.7 Å². The lowest BCUT2D eigenvalue weighted by Gasteiger charge is -2.27. The molecule has 1 N–H and O–H groups in total. The van der Waals surface area contributed by atoms with Crippen LogP contribution in [0.2, 0.25) is 0 Å². The summed E-state index contributed by atoms with van der Waals surface area (Å²) in [5, 5.41) is 8.84. The third-order valence-electron chi connectivity index (χ3n) is 4.21. The lowest BCUT2D eigenvalue weighted by Crippen LogP contribution is -2.34. The van der Waals surface area contributed by atoms with Gasteiger partial charge in [-0.15, -0.1) is 0 Å². The predicted octanol–water partition coefficient (Wildman–Crippen LogP) is 3.42. The quantitative estimate of drug-likeness (QED) is 0.746. The Morgan fingerprint density at radius 3 is 2.52 bits per heavy atom. The van der Waals surface area contributed by atoms with Crippen LogP contribution >= 0.6 is 0 Å². The number of hydrogen-bond acceptors (Lipinski definition) is 3. The summed E-state index contributed by atoms with van der Waals surface area (Å²) in [6.45, 7) is 5.09. The molecule has 4 nitrogen and oxygen atoms in total. The van der Waals surface area contributed by atoms with E-state index in [0.717, 1.165) is 31.3 Å². The van der Waals surface area contributed by atoms with Crippen molar-refractivity contribution >= 4 is 5.97 Å². The van der Waals surface area contributed by atoms with Crippen LogP contribution in [0.3, 0.4) is 0 Å². The molecule has 1 aliphatic carbocycles. The van der Waals surface area contributed by atoms with E-state index in [9.17, 15) is 4.79 Å². The molecule has 0 aromatic heterocycles. The molecule has 116 valence electrons. The van der Waals surface area contributed by atoms with Crippen LogP contribution in [0.4, 0.5) is 0 Å². The van der Waals surface area contributed by atoms with Gasteiger partial charge in [0, 0.05) is 12.6 Å². The summed E-state index contributed by atoms with van der Waals surface area (Å²) in [6, 6.07) is 7.36. The molecule has 0 amide bonds. The van der Waals surface area contributed by atoms with Crippen molar-refractivity contribution in [2.24, 2.45) is 0 Å². The molecule has 0 atom stereocenters. The number of carboxylic acid groups (broad SMARTS) is 1. The Morgan fingerprint density at radius 1 is 1.29 bits per heavy atom.